The van der Waals surface area contributed by atoms with Crippen LogP contribution in [0.2, 0.25) is 25.2 Å². The summed E-state index contributed by atoms with van der Waals surface area (Å²) in [6.07, 6.45) is 0. The summed E-state index contributed by atoms with van der Waals surface area (Å²) in [5, 5.41) is 2.60. The van der Waals surface area contributed by atoms with Crippen LogP contribution in [0.4, 0.5) is 0 Å². The molecule has 20 heavy (non-hydrogen) atoms. The fourth-order valence-corrected chi connectivity index (χ4v) is 10.9. The maximum absolute atomic E-state index is 6.86. The summed E-state index contributed by atoms with van der Waals surface area (Å²) in [6, 6.07) is 23.0. The predicted molar refractivity (Wildman–Crippen MR) is 96.7 cm³/mol. The van der Waals surface area contributed by atoms with Crippen molar-refractivity contribution < 1.29 is 0 Å². The van der Waals surface area contributed by atoms with E-state index < -0.39 is 14.8 Å². The third-order valence-corrected chi connectivity index (χ3v) is 12.2. The molecular weight excluding hydrogens is 319 g/mol. The molecule has 0 N–H and O–H groups in total. The van der Waals surface area contributed by atoms with Gasteiger partial charge in [-0.25, -0.2) is 0 Å². The monoisotopic (exact) mass is 338 g/mol. The fourth-order valence-electron chi connectivity index (χ4n) is 2.33. The number of hydrogen-bond acceptors (Lipinski definition) is 0. The average Bonchev–Trinajstić information content (AvgIpc) is 2.47. The molecule has 2 rings (SSSR count). The lowest BCUT2D eigenvalue weighted by molar-refractivity contribution is 1.35. The number of rotatable bonds is 5. The quantitative estimate of drug-likeness (QED) is 0.558. The molecule has 0 fully saturated rings. The summed E-state index contributed by atoms with van der Waals surface area (Å²) >= 11 is 13.7. The summed E-state index contributed by atoms with van der Waals surface area (Å²) in [4.78, 5) is 0. The minimum Gasteiger partial charge on any atom is -0.161 e. The molecule has 0 nitrogen and oxygen atoms in total. The van der Waals surface area contributed by atoms with Crippen LogP contribution in [0.15, 0.2) is 60.7 Å². The van der Waals surface area contributed by atoms with Crippen LogP contribution < -0.4 is 10.4 Å². The van der Waals surface area contributed by atoms with Gasteiger partial charge in [0.1, 0.15) is 0 Å². The molecule has 0 radical (unpaired) electrons. The van der Waals surface area contributed by atoms with Crippen molar-refractivity contribution in [3.8, 4) is 0 Å². The van der Waals surface area contributed by atoms with Crippen LogP contribution in [0.25, 0.3) is 0 Å². The summed E-state index contributed by atoms with van der Waals surface area (Å²) in [5.74, 6) is 0. The maximum atomic E-state index is 6.86. The van der Waals surface area contributed by atoms with E-state index in [4.69, 9.17) is 22.2 Å². The van der Waals surface area contributed by atoms with Gasteiger partial charge in [0.15, 0.2) is 14.8 Å². The SMILES string of the molecule is C[Si](Cl)(CC[Si](C)(Cl)c1ccccc1)c1ccccc1. The van der Waals surface area contributed by atoms with Gasteiger partial charge >= 0.3 is 0 Å². The van der Waals surface area contributed by atoms with Crippen molar-refractivity contribution in [2.75, 3.05) is 0 Å². The molecule has 2 atom stereocenters. The van der Waals surface area contributed by atoms with Crippen molar-refractivity contribution in [1.82, 2.24) is 0 Å². The van der Waals surface area contributed by atoms with Crippen molar-refractivity contribution in [2.45, 2.75) is 25.2 Å². The molecule has 0 saturated heterocycles. The lowest BCUT2D eigenvalue weighted by Gasteiger charge is -2.25. The van der Waals surface area contributed by atoms with E-state index in [0.29, 0.717) is 0 Å². The molecule has 0 aliphatic carbocycles. The van der Waals surface area contributed by atoms with Gasteiger partial charge in [-0.05, 0) is 22.5 Å². The van der Waals surface area contributed by atoms with E-state index in [9.17, 15) is 0 Å². The molecule has 0 aliphatic heterocycles. The molecule has 2 unspecified atom stereocenters. The molecule has 2 aromatic carbocycles. The minimum atomic E-state index is -1.90. The van der Waals surface area contributed by atoms with Crippen LogP contribution in [0.3, 0.4) is 0 Å². The Kier molecular flexibility index (Phi) is 5.13. The van der Waals surface area contributed by atoms with Gasteiger partial charge < -0.3 is 0 Å². The Morgan fingerprint density at radius 1 is 0.650 bits per heavy atom. The first kappa shape index (κ1) is 15.8. The zero-order chi connectivity index (χ0) is 14.6. The second-order valence-electron chi connectivity index (χ2n) is 5.63. The van der Waals surface area contributed by atoms with Crippen LogP contribution in [-0.4, -0.2) is 14.8 Å². The highest BCUT2D eigenvalue weighted by atomic mass is 35.6. The summed E-state index contributed by atoms with van der Waals surface area (Å²) < 4.78 is 0. The van der Waals surface area contributed by atoms with Gasteiger partial charge in [0.2, 0.25) is 0 Å². The van der Waals surface area contributed by atoms with Gasteiger partial charge in [0.05, 0.1) is 0 Å². The summed E-state index contributed by atoms with van der Waals surface area (Å²) in [6.45, 7) is 4.44. The molecular formula is C16H20Cl2Si2. The van der Waals surface area contributed by atoms with Crippen LogP contribution >= 0.6 is 22.2 Å². The van der Waals surface area contributed by atoms with Gasteiger partial charge in [-0.2, -0.15) is 22.2 Å². The van der Waals surface area contributed by atoms with E-state index in [1.807, 2.05) is 12.1 Å². The first-order valence-electron chi connectivity index (χ1n) is 6.91. The van der Waals surface area contributed by atoms with Gasteiger partial charge in [-0.1, -0.05) is 73.8 Å². The third-order valence-electron chi connectivity index (χ3n) is 3.82. The number of benzene rings is 2. The van der Waals surface area contributed by atoms with Gasteiger partial charge in [-0.15, -0.1) is 0 Å². The molecule has 0 aromatic heterocycles. The van der Waals surface area contributed by atoms with Crippen LogP contribution in [0.1, 0.15) is 0 Å². The van der Waals surface area contributed by atoms with Crippen molar-refractivity contribution in [1.29, 1.82) is 0 Å². The fraction of sp³-hybridized carbons (Fsp3) is 0.250. The zero-order valence-electron chi connectivity index (χ0n) is 11.9. The average molecular weight is 339 g/mol. The highest BCUT2D eigenvalue weighted by Gasteiger charge is 2.33. The van der Waals surface area contributed by atoms with E-state index in [0.717, 1.165) is 12.1 Å². The predicted octanol–water partition coefficient (Wildman–Crippen LogP) is 4.43. The standard InChI is InChI=1S/C16H20Cl2Si2/c1-19(17,15-9-5-3-6-10-15)13-14-20(2,18)16-11-7-4-8-12-16/h3-12H,13-14H2,1-2H3. The smallest absolute Gasteiger partial charge is 0.161 e. The van der Waals surface area contributed by atoms with Crippen molar-refractivity contribution in [3.63, 3.8) is 0 Å². The Morgan fingerprint density at radius 3 is 1.25 bits per heavy atom. The first-order valence-corrected chi connectivity index (χ1v) is 14.3. The minimum absolute atomic E-state index is 1.03. The second kappa shape index (κ2) is 6.48. The second-order valence-corrected chi connectivity index (χ2v) is 17.6. The van der Waals surface area contributed by atoms with Crippen molar-refractivity contribution >= 4 is 47.3 Å². The van der Waals surface area contributed by atoms with Crippen molar-refractivity contribution in [2.24, 2.45) is 0 Å². The Balaban J connectivity index is 2.08. The van der Waals surface area contributed by atoms with Gasteiger partial charge in [-0.3, -0.25) is 0 Å². The van der Waals surface area contributed by atoms with E-state index in [2.05, 4.69) is 61.6 Å². The first-order chi connectivity index (χ1) is 9.42. The Labute approximate surface area is 133 Å². The van der Waals surface area contributed by atoms with Crippen LogP contribution in [0.5, 0.6) is 0 Å². The molecule has 0 saturated carbocycles. The topological polar surface area (TPSA) is 0 Å². The highest BCUT2D eigenvalue weighted by Crippen LogP contribution is 2.25. The Morgan fingerprint density at radius 2 is 0.950 bits per heavy atom. The number of hydrogen-bond donors (Lipinski definition) is 0. The number of halogens is 2. The maximum Gasteiger partial charge on any atom is 0.183 e. The molecule has 0 spiro atoms. The van der Waals surface area contributed by atoms with Gasteiger partial charge in [0, 0.05) is 0 Å². The van der Waals surface area contributed by atoms with Crippen LogP contribution in [0, 0.1) is 0 Å². The molecule has 106 valence electrons. The van der Waals surface area contributed by atoms with Gasteiger partial charge in [0.25, 0.3) is 0 Å². The van der Waals surface area contributed by atoms with E-state index in [-0.39, 0.29) is 0 Å². The molecule has 0 amide bonds. The molecule has 0 aliphatic rings. The van der Waals surface area contributed by atoms with E-state index in [1.54, 1.807) is 0 Å². The third kappa shape index (κ3) is 3.98. The van der Waals surface area contributed by atoms with E-state index >= 15 is 0 Å². The summed E-state index contributed by atoms with van der Waals surface area (Å²) in [7, 11) is -3.80. The summed E-state index contributed by atoms with van der Waals surface area (Å²) in [5.41, 5.74) is 0. The Bertz CT molecular complexity index is 487. The zero-order valence-corrected chi connectivity index (χ0v) is 15.5. The molecule has 0 bridgehead atoms. The van der Waals surface area contributed by atoms with Crippen molar-refractivity contribution in [3.05, 3.63) is 60.7 Å². The normalized spacial score (nSPS) is 17.2. The van der Waals surface area contributed by atoms with Crippen LogP contribution in [-0.2, 0) is 0 Å². The molecule has 4 heteroatoms. The molecule has 2 aromatic rings. The van der Waals surface area contributed by atoms with E-state index in [1.165, 1.54) is 10.4 Å². The largest absolute Gasteiger partial charge is 0.183 e. The lowest BCUT2D eigenvalue weighted by Crippen LogP contribution is -2.44. The lowest BCUT2D eigenvalue weighted by atomic mass is 10.4. The highest BCUT2D eigenvalue weighted by molar-refractivity contribution is 7.30. The molecule has 0 heterocycles. The Hall–Kier alpha value is -0.546.